The van der Waals surface area contributed by atoms with E-state index in [2.05, 4.69) is 20.8 Å². The lowest BCUT2D eigenvalue weighted by Crippen LogP contribution is -2.39. The molecule has 3 unspecified atom stereocenters. The van der Waals surface area contributed by atoms with Crippen LogP contribution in [0.5, 0.6) is 0 Å². The first-order valence-corrected chi connectivity index (χ1v) is 10.1. The van der Waals surface area contributed by atoms with Crippen molar-refractivity contribution in [3.63, 3.8) is 0 Å². The standard InChI is InChI=1S/C24H31FO4/c1-15-10-16(6-9-21(15)25)19-13-24(4,28-5)14-23(2,3)20(19)8-7-18-11-17(26)12-22(27)29-18/h6-10,17-18,26H,11-14H2,1-5H3. The number of hydrogen-bond donors (Lipinski definition) is 1. The van der Waals surface area contributed by atoms with Gasteiger partial charge in [0, 0.05) is 20.0 Å². The molecule has 1 aromatic carbocycles. The van der Waals surface area contributed by atoms with E-state index in [1.807, 2.05) is 24.3 Å². The molecule has 0 radical (unpaired) electrons. The Hall–Kier alpha value is -1.98. The fraction of sp³-hybridized carbons (Fsp3) is 0.542. The quantitative estimate of drug-likeness (QED) is 0.740. The lowest BCUT2D eigenvalue weighted by molar-refractivity contribution is -0.156. The average Bonchev–Trinajstić information content (AvgIpc) is 2.61. The van der Waals surface area contributed by atoms with Crippen LogP contribution in [-0.2, 0) is 14.3 Å². The zero-order chi connectivity index (χ0) is 21.4. The van der Waals surface area contributed by atoms with E-state index in [0.717, 1.165) is 23.1 Å². The van der Waals surface area contributed by atoms with Crippen LogP contribution in [0, 0.1) is 18.2 Å². The minimum absolute atomic E-state index is 0.0465. The molecule has 4 nitrogen and oxygen atoms in total. The molecular formula is C24H31FO4. The van der Waals surface area contributed by atoms with E-state index in [1.165, 1.54) is 6.07 Å². The fourth-order valence-corrected chi connectivity index (χ4v) is 4.66. The molecule has 0 bridgehead atoms. The summed E-state index contributed by atoms with van der Waals surface area (Å²) in [5.74, 6) is -0.601. The SMILES string of the molecule is COC1(C)CC(c2ccc(F)c(C)c2)=C(C=CC2CC(O)CC(=O)O2)C(C)(C)C1. The molecule has 2 aliphatic rings. The van der Waals surface area contributed by atoms with Gasteiger partial charge < -0.3 is 14.6 Å². The molecule has 0 aromatic heterocycles. The van der Waals surface area contributed by atoms with Gasteiger partial charge in [-0.05, 0) is 66.2 Å². The Kier molecular flexibility index (Phi) is 6.02. The van der Waals surface area contributed by atoms with Crippen molar-refractivity contribution < 1.29 is 23.8 Å². The van der Waals surface area contributed by atoms with Crippen LogP contribution in [0.4, 0.5) is 4.39 Å². The van der Waals surface area contributed by atoms with Crippen LogP contribution in [0.3, 0.4) is 0 Å². The number of aryl methyl sites for hydroxylation is 1. The van der Waals surface area contributed by atoms with Gasteiger partial charge >= 0.3 is 5.97 Å². The minimum atomic E-state index is -0.671. The van der Waals surface area contributed by atoms with Gasteiger partial charge in [0.15, 0.2) is 0 Å². The number of benzene rings is 1. The van der Waals surface area contributed by atoms with Crippen LogP contribution >= 0.6 is 0 Å². The van der Waals surface area contributed by atoms with Crippen LogP contribution in [0.25, 0.3) is 5.57 Å². The Morgan fingerprint density at radius 3 is 2.66 bits per heavy atom. The molecule has 0 amide bonds. The summed E-state index contributed by atoms with van der Waals surface area (Å²) in [7, 11) is 1.73. The number of cyclic esters (lactones) is 1. The van der Waals surface area contributed by atoms with Crippen molar-refractivity contribution in [1.29, 1.82) is 0 Å². The van der Waals surface area contributed by atoms with Gasteiger partial charge in [-0.25, -0.2) is 4.39 Å². The highest BCUT2D eigenvalue weighted by Gasteiger charge is 2.41. The first-order chi connectivity index (χ1) is 13.5. The molecule has 1 aromatic rings. The summed E-state index contributed by atoms with van der Waals surface area (Å²) >= 11 is 0. The number of rotatable bonds is 4. The Morgan fingerprint density at radius 1 is 1.31 bits per heavy atom. The molecule has 1 N–H and O–H groups in total. The van der Waals surface area contributed by atoms with E-state index in [1.54, 1.807) is 14.0 Å². The van der Waals surface area contributed by atoms with E-state index in [0.29, 0.717) is 18.4 Å². The molecule has 1 heterocycles. The van der Waals surface area contributed by atoms with Gasteiger partial charge in [-0.2, -0.15) is 0 Å². The molecule has 29 heavy (non-hydrogen) atoms. The first-order valence-electron chi connectivity index (χ1n) is 10.1. The normalized spacial score (nSPS) is 30.0. The molecule has 158 valence electrons. The molecule has 1 fully saturated rings. The van der Waals surface area contributed by atoms with Crippen LogP contribution < -0.4 is 0 Å². The van der Waals surface area contributed by atoms with Crippen molar-refractivity contribution in [3.05, 3.63) is 52.9 Å². The monoisotopic (exact) mass is 402 g/mol. The largest absolute Gasteiger partial charge is 0.458 e. The molecule has 0 saturated carbocycles. The number of carbonyl (C=O) groups excluding carboxylic acids is 1. The smallest absolute Gasteiger partial charge is 0.309 e. The Balaban J connectivity index is 2.06. The van der Waals surface area contributed by atoms with Crippen molar-refractivity contribution >= 4 is 11.5 Å². The van der Waals surface area contributed by atoms with Crippen molar-refractivity contribution in [1.82, 2.24) is 0 Å². The predicted octanol–water partition coefficient (Wildman–Crippen LogP) is 4.74. The third-order valence-corrected chi connectivity index (χ3v) is 6.09. The number of allylic oxidation sites excluding steroid dienone is 2. The van der Waals surface area contributed by atoms with Gasteiger partial charge in [-0.3, -0.25) is 4.79 Å². The molecule has 3 rings (SSSR count). The average molecular weight is 403 g/mol. The highest BCUT2D eigenvalue weighted by atomic mass is 19.1. The van der Waals surface area contributed by atoms with Gasteiger partial charge in [-0.1, -0.05) is 26.0 Å². The maximum atomic E-state index is 13.9. The number of hydrogen-bond acceptors (Lipinski definition) is 4. The number of ether oxygens (including phenoxy) is 2. The summed E-state index contributed by atoms with van der Waals surface area (Å²) in [5, 5.41) is 9.88. The van der Waals surface area contributed by atoms with Crippen molar-refractivity contribution in [2.45, 2.75) is 71.2 Å². The summed E-state index contributed by atoms with van der Waals surface area (Å²) in [4.78, 5) is 11.7. The Bertz CT molecular complexity index is 854. The summed E-state index contributed by atoms with van der Waals surface area (Å²) in [6.45, 7) is 8.20. The third kappa shape index (κ3) is 4.78. The molecule has 5 heteroatoms. The molecule has 3 atom stereocenters. The lowest BCUT2D eigenvalue weighted by Gasteiger charge is -2.44. The van der Waals surface area contributed by atoms with Crippen LogP contribution in [-0.4, -0.2) is 36.0 Å². The summed E-state index contributed by atoms with van der Waals surface area (Å²) in [6, 6.07) is 5.19. The molecule has 1 saturated heterocycles. The van der Waals surface area contributed by atoms with Crippen LogP contribution in [0.2, 0.25) is 0 Å². The van der Waals surface area contributed by atoms with Gasteiger partial charge in [0.05, 0.1) is 18.1 Å². The lowest BCUT2D eigenvalue weighted by atomic mass is 9.65. The second-order valence-electron chi connectivity index (χ2n) is 9.23. The number of esters is 1. The predicted molar refractivity (Wildman–Crippen MR) is 111 cm³/mol. The zero-order valence-electron chi connectivity index (χ0n) is 17.9. The molecule has 1 aliphatic carbocycles. The van der Waals surface area contributed by atoms with Crippen LogP contribution in [0.15, 0.2) is 35.9 Å². The minimum Gasteiger partial charge on any atom is -0.458 e. The third-order valence-electron chi connectivity index (χ3n) is 6.09. The first kappa shape index (κ1) is 21.7. The van der Waals surface area contributed by atoms with Crippen molar-refractivity contribution in [2.24, 2.45) is 5.41 Å². The molecular weight excluding hydrogens is 371 g/mol. The van der Waals surface area contributed by atoms with Crippen molar-refractivity contribution in [2.75, 3.05) is 7.11 Å². The topological polar surface area (TPSA) is 55.8 Å². The molecule has 1 aliphatic heterocycles. The number of aliphatic hydroxyl groups is 1. The van der Waals surface area contributed by atoms with Gasteiger partial charge in [0.2, 0.25) is 0 Å². The van der Waals surface area contributed by atoms with E-state index in [-0.39, 0.29) is 29.2 Å². The number of halogens is 1. The van der Waals surface area contributed by atoms with E-state index in [9.17, 15) is 14.3 Å². The zero-order valence-corrected chi connectivity index (χ0v) is 17.9. The molecule has 0 spiro atoms. The summed E-state index contributed by atoms with van der Waals surface area (Å²) in [5.41, 5.74) is 3.27. The maximum Gasteiger partial charge on any atom is 0.309 e. The number of aliphatic hydroxyl groups excluding tert-OH is 1. The number of methoxy groups -OCH3 is 1. The maximum absolute atomic E-state index is 13.9. The highest BCUT2D eigenvalue weighted by Crippen LogP contribution is 2.50. The van der Waals surface area contributed by atoms with Gasteiger partial charge in [-0.15, -0.1) is 0 Å². The van der Waals surface area contributed by atoms with Crippen LogP contribution in [0.1, 0.15) is 57.6 Å². The van der Waals surface area contributed by atoms with Gasteiger partial charge in [0.25, 0.3) is 0 Å². The number of carbonyl (C=O) groups is 1. The fourth-order valence-electron chi connectivity index (χ4n) is 4.66. The van der Waals surface area contributed by atoms with Gasteiger partial charge in [0.1, 0.15) is 11.9 Å². The van der Waals surface area contributed by atoms with E-state index < -0.39 is 12.2 Å². The van der Waals surface area contributed by atoms with Crippen molar-refractivity contribution in [3.8, 4) is 0 Å². The Morgan fingerprint density at radius 2 is 2.03 bits per heavy atom. The summed E-state index contributed by atoms with van der Waals surface area (Å²) < 4.78 is 25.1. The second kappa shape index (κ2) is 8.04. The van der Waals surface area contributed by atoms with E-state index in [4.69, 9.17) is 9.47 Å². The second-order valence-corrected chi connectivity index (χ2v) is 9.23. The Labute approximate surface area is 172 Å². The van der Waals surface area contributed by atoms with E-state index >= 15 is 0 Å². The highest BCUT2D eigenvalue weighted by molar-refractivity contribution is 5.75. The summed E-state index contributed by atoms with van der Waals surface area (Å²) in [6.07, 6.45) is 4.73.